The third-order valence-electron chi connectivity index (χ3n) is 6.24. The first-order valence-corrected chi connectivity index (χ1v) is 11.6. The summed E-state index contributed by atoms with van der Waals surface area (Å²) < 4.78 is 14.3. The van der Waals surface area contributed by atoms with E-state index in [-0.39, 0.29) is 30.7 Å². The summed E-state index contributed by atoms with van der Waals surface area (Å²) in [7, 11) is 0. The van der Waals surface area contributed by atoms with Crippen LogP contribution in [0.1, 0.15) is 42.6 Å². The lowest BCUT2D eigenvalue weighted by Crippen LogP contribution is -2.47. The molecule has 3 aromatic rings. The Morgan fingerprint density at radius 1 is 1.06 bits per heavy atom. The second-order valence-corrected chi connectivity index (χ2v) is 8.42. The lowest BCUT2D eigenvalue weighted by molar-refractivity contribution is -0.140. The maximum absolute atomic E-state index is 14.3. The van der Waals surface area contributed by atoms with Crippen molar-refractivity contribution in [3.8, 4) is 0 Å². The number of hydrogen-bond acceptors (Lipinski definition) is 3. The third kappa shape index (κ3) is 4.51. The molecule has 3 amide bonds. The molecule has 1 N–H and O–H groups in total. The lowest BCUT2D eigenvalue weighted by Gasteiger charge is -2.29. The van der Waals surface area contributed by atoms with Gasteiger partial charge in [0.15, 0.2) is 0 Å². The summed E-state index contributed by atoms with van der Waals surface area (Å²) >= 11 is 0. The molecule has 7 heteroatoms. The fourth-order valence-corrected chi connectivity index (χ4v) is 4.45. The predicted molar refractivity (Wildman–Crippen MR) is 130 cm³/mol. The van der Waals surface area contributed by atoms with E-state index in [2.05, 4.69) is 5.32 Å². The first kappa shape index (κ1) is 23.4. The Hall–Kier alpha value is -3.74. The number of halogens is 1. The maximum Gasteiger partial charge on any atom is 0.258 e. The van der Waals surface area contributed by atoms with E-state index in [9.17, 15) is 18.8 Å². The first-order chi connectivity index (χ1) is 16.4. The number of rotatable bonds is 9. The number of likely N-dealkylation sites (N-methyl/N-ethyl adjacent to an activating group) is 1. The quantitative estimate of drug-likeness (QED) is 0.517. The van der Waals surface area contributed by atoms with Gasteiger partial charge >= 0.3 is 0 Å². The van der Waals surface area contributed by atoms with Crippen LogP contribution in [0.15, 0.2) is 60.7 Å². The molecule has 0 fully saturated rings. The van der Waals surface area contributed by atoms with E-state index < -0.39 is 11.9 Å². The number of amides is 3. The van der Waals surface area contributed by atoms with E-state index in [1.165, 1.54) is 11.0 Å². The van der Waals surface area contributed by atoms with Gasteiger partial charge < -0.3 is 15.1 Å². The van der Waals surface area contributed by atoms with E-state index in [0.29, 0.717) is 30.6 Å². The van der Waals surface area contributed by atoms with Crippen molar-refractivity contribution in [1.29, 1.82) is 0 Å². The van der Waals surface area contributed by atoms with Crippen LogP contribution in [0.5, 0.6) is 0 Å². The van der Waals surface area contributed by atoms with Gasteiger partial charge in [0, 0.05) is 42.6 Å². The van der Waals surface area contributed by atoms with Gasteiger partial charge in [-0.15, -0.1) is 0 Å². The topological polar surface area (TPSA) is 69.7 Å². The molecule has 3 aromatic carbocycles. The van der Waals surface area contributed by atoms with Crippen LogP contribution in [0, 0.1) is 5.82 Å². The molecule has 0 bridgehead atoms. The van der Waals surface area contributed by atoms with Crippen molar-refractivity contribution in [2.24, 2.45) is 0 Å². The van der Waals surface area contributed by atoms with Crippen molar-refractivity contribution in [1.82, 2.24) is 10.2 Å². The Bertz CT molecular complexity index is 1240. The van der Waals surface area contributed by atoms with Gasteiger partial charge in [0.05, 0.1) is 5.69 Å². The molecule has 0 aromatic heterocycles. The number of hydrogen-bond donors (Lipinski definition) is 1. The molecule has 0 radical (unpaired) electrons. The van der Waals surface area contributed by atoms with E-state index in [0.717, 1.165) is 16.5 Å². The lowest BCUT2D eigenvalue weighted by atomic mass is 10.1. The summed E-state index contributed by atoms with van der Waals surface area (Å²) in [6.45, 7) is 4.26. The summed E-state index contributed by atoms with van der Waals surface area (Å²) in [5.74, 6) is -1.04. The molecule has 6 nitrogen and oxygen atoms in total. The van der Waals surface area contributed by atoms with Crippen molar-refractivity contribution < 1.29 is 18.8 Å². The highest BCUT2D eigenvalue weighted by molar-refractivity contribution is 6.25. The highest BCUT2D eigenvalue weighted by atomic mass is 19.1. The van der Waals surface area contributed by atoms with Gasteiger partial charge in [-0.1, -0.05) is 42.5 Å². The zero-order valence-corrected chi connectivity index (χ0v) is 19.4. The fourth-order valence-electron chi connectivity index (χ4n) is 4.45. The average Bonchev–Trinajstić information content (AvgIpc) is 3.11. The van der Waals surface area contributed by atoms with E-state index in [4.69, 9.17) is 0 Å². The molecule has 0 saturated heterocycles. The molecular weight excluding hydrogens is 433 g/mol. The number of benzene rings is 3. The van der Waals surface area contributed by atoms with Crippen molar-refractivity contribution in [3.05, 3.63) is 77.6 Å². The largest absolute Gasteiger partial charge is 0.355 e. The molecular formula is C27H28FN3O3. The zero-order valence-electron chi connectivity index (χ0n) is 19.4. The van der Waals surface area contributed by atoms with E-state index >= 15 is 0 Å². The van der Waals surface area contributed by atoms with Gasteiger partial charge in [0.2, 0.25) is 11.8 Å². The molecule has 34 heavy (non-hydrogen) atoms. The summed E-state index contributed by atoms with van der Waals surface area (Å²) in [5.41, 5.74) is 1.87. The minimum atomic E-state index is -0.751. The summed E-state index contributed by atoms with van der Waals surface area (Å²) in [6.07, 6.45) is 0.555. The molecule has 1 heterocycles. The summed E-state index contributed by atoms with van der Waals surface area (Å²) in [6, 6.07) is 17.0. The van der Waals surface area contributed by atoms with Gasteiger partial charge in [-0.25, -0.2) is 4.39 Å². The Morgan fingerprint density at radius 2 is 1.79 bits per heavy atom. The molecule has 1 aliphatic rings. The second kappa shape index (κ2) is 10.0. The third-order valence-corrected chi connectivity index (χ3v) is 6.24. The van der Waals surface area contributed by atoms with Crippen LogP contribution in [0.25, 0.3) is 10.8 Å². The standard InChI is InChI=1S/C27H28FN3O3/c1-3-29-26(33)18(2)31(17-20-9-4-5-13-22(20)28)24(32)15-8-16-30-23-14-7-11-19-10-6-12-21(25(19)23)27(30)34/h4-7,9-14,18H,3,8,15-17H2,1-2H3,(H,29,33). The van der Waals surface area contributed by atoms with Crippen molar-refractivity contribution in [2.45, 2.75) is 39.3 Å². The van der Waals surface area contributed by atoms with Gasteiger partial charge in [-0.05, 0) is 43.9 Å². The second-order valence-electron chi connectivity index (χ2n) is 8.42. The average molecular weight is 462 g/mol. The van der Waals surface area contributed by atoms with Crippen molar-refractivity contribution in [2.75, 3.05) is 18.0 Å². The highest BCUT2D eigenvalue weighted by Gasteiger charge is 2.30. The normalized spacial score (nSPS) is 13.3. The van der Waals surface area contributed by atoms with Crippen LogP contribution in [0.3, 0.4) is 0 Å². The Balaban J connectivity index is 1.47. The minimum Gasteiger partial charge on any atom is -0.355 e. The molecule has 4 rings (SSSR count). The van der Waals surface area contributed by atoms with E-state index in [1.54, 1.807) is 36.9 Å². The van der Waals surface area contributed by atoms with Gasteiger partial charge in [-0.2, -0.15) is 0 Å². The van der Waals surface area contributed by atoms with E-state index in [1.807, 2.05) is 36.4 Å². The van der Waals surface area contributed by atoms with Gasteiger partial charge in [-0.3, -0.25) is 14.4 Å². The number of carbonyl (C=O) groups excluding carboxylic acids is 3. The van der Waals surface area contributed by atoms with Crippen LogP contribution in [0.4, 0.5) is 10.1 Å². The van der Waals surface area contributed by atoms with Crippen LogP contribution in [0.2, 0.25) is 0 Å². The minimum absolute atomic E-state index is 0.00278. The maximum atomic E-state index is 14.3. The van der Waals surface area contributed by atoms with Crippen LogP contribution in [-0.2, 0) is 16.1 Å². The van der Waals surface area contributed by atoms with Gasteiger partial charge in [0.1, 0.15) is 11.9 Å². The van der Waals surface area contributed by atoms with Gasteiger partial charge in [0.25, 0.3) is 5.91 Å². The molecule has 176 valence electrons. The summed E-state index contributed by atoms with van der Waals surface area (Å²) in [4.78, 5) is 41.7. The molecule has 1 aliphatic heterocycles. The zero-order chi connectivity index (χ0) is 24.2. The van der Waals surface area contributed by atoms with Crippen LogP contribution >= 0.6 is 0 Å². The van der Waals surface area contributed by atoms with Crippen LogP contribution < -0.4 is 10.2 Å². The fraction of sp³-hybridized carbons (Fsp3) is 0.296. The van der Waals surface area contributed by atoms with Crippen LogP contribution in [-0.4, -0.2) is 41.8 Å². The number of nitrogens with one attached hydrogen (secondary N) is 1. The SMILES string of the molecule is CCNC(=O)C(C)N(Cc1ccccc1F)C(=O)CCCN1C(=O)c2cccc3cccc1c23. The van der Waals surface area contributed by atoms with Crippen molar-refractivity contribution in [3.63, 3.8) is 0 Å². The van der Waals surface area contributed by atoms with Crippen molar-refractivity contribution >= 4 is 34.2 Å². The molecule has 1 unspecified atom stereocenters. The molecule has 0 aliphatic carbocycles. The monoisotopic (exact) mass is 461 g/mol. The number of anilines is 1. The number of carbonyl (C=O) groups is 3. The Labute approximate surface area is 198 Å². The Kier molecular flexibility index (Phi) is 6.91. The first-order valence-electron chi connectivity index (χ1n) is 11.6. The molecule has 1 atom stereocenters. The predicted octanol–water partition coefficient (Wildman–Crippen LogP) is 4.27. The highest BCUT2D eigenvalue weighted by Crippen LogP contribution is 2.37. The Morgan fingerprint density at radius 3 is 2.53 bits per heavy atom. The smallest absolute Gasteiger partial charge is 0.258 e. The molecule has 0 saturated carbocycles. The summed E-state index contributed by atoms with van der Waals surface area (Å²) in [5, 5.41) is 4.68. The molecule has 0 spiro atoms. The number of nitrogens with zero attached hydrogens (tertiary/aromatic N) is 2.